The van der Waals surface area contributed by atoms with E-state index < -0.39 is 10.8 Å². The minimum Gasteiger partial charge on any atom is -0.384 e. The van der Waals surface area contributed by atoms with Gasteiger partial charge in [-0.15, -0.1) is 0 Å². The van der Waals surface area contributed by atoms with E-state index in [9.17, 15) is 20.2 Å². The normalized spacial score (nSPS) is 18.3. The molecule has 0 unspecified atom stereocenters. The van der Waals surface area contributed by atoms with Crippen LogP contribution in [0.15, 0.2) is 71.2 Å². The van der Waals surface area contributed by atoms with Gasteiger partial charge < -0.3 is 10.6 Å². The molecule has 0 radical (unpaired) electrons. The quantitative estimate of drug-likeness (QED) is 0.577. The van der Waals surface area contributed by atoms with Gasteiger partial charge in [0.05, 0.1) is 28.2 Å². The number of non-ortho nitro benzene ring substituents is 1. The Morgan fingerprint density at radius 2 is 1.91 bits per heavy atom. The third kappa shape index (κ3) is 3.48. The molecule has 0 saturated heterocycles. The topological polar surface area (TPSA) is 116 Å². The van der Waals surface area contributed by atoms with E-state index in [-0.39, 0.29) is 22.9 Å². The van der Waals surface area contributed by atoms with Crippen molar-refractivity contribution in [1.29, 1.82) is 5.26 Å². The Kier molecular flexibility index (Phi) is 5.41. The van der Waals surface area contributed by atoms with Gasteiger partial charge in [0.1, 0.15) is 5.82 Å². The van der Waals surface area contributed by atoms with E-state index in [1.54, 1.807) is 17.0 Å². The number of nitro groups is 1. The van der Waals surface area contributed by atoms with Gasteiger partial charge in [-0.3, -0.25) is 19.8 Å². The molecule has 1 aliphatic heterocycles. The average molecular weight is 429 g/mol. The molecule has 4 rings (SSSR count). The summed E-state index contributed by atoms with van der Waals surface area (Å²) in [5.41, 5.74) is 10.2. The molecule has 8 nitrogen and oxygen atoms in total. The van der Waals surface area contributed by atoms with E-state index in [0.29, 0.717) is 36.2 Å². The van der Waals surface area contributed by atoms with Crippen molar-refractivity contribution in [2.45, 2.75) is 25.2 Å². The first-order valence-electron chi connectivity index (χ1n) is 10.3. The van der Waals surface area contributed by atoms with Gasteiger partial charge >= 0.3 is 0 Å². The van der Waals surface area contributed by atoms with Crippen molar-refractivity contribution in [3.8, 4) is 6.07 Å². The second kappa shape index (κ2) is 8.19. The van der Waals surface area contributed by atoms with Gasteiger partial charge in [0.25, 0.3) is 5.69 Å². The number of nitriles is 1. The monoisotopic (exact) mass is 429 g/mol. The van der Waals surface area contributed by atoms with E-state index in [4.69, 9.17) is 5.73 Å². The Hall–Kier alpha value is -4.12. The second-order valence-electron chi connectivity index (χ2n) is 8.08. The zero-order valence-electron chi connectivity index (χ0n) is 17.9. The number of nitro benzene ring substituents is 1. The summed E-state index contributed by atoms with van der Waals surface area (Å²) in [6, 6.07) is 16.0. The van der Waals surface area contributed by atoms with Crippen molar-refractivity contribution in [3.63, 3.8) is 0 Å². The van der Waals surface area contributed by atoms with Crippen LogP contribution in [0.3, 0.4) is 0 Å². The van der Waals surface area contributed by atoms with E-state index in [2.05, 4.69) is 6.07 Å². The minimum atomic E-state index is -0.561. The van der Waals surface area contributed by atoms with Crippen molar-refractivity contribution in [3.05, 3.63) is 86.9 Å². The van der Waals surface area contributed by atoms with Crippen molar-refractivity contribution < 1.29 is 9.72 Å². The molecule has 0 fully saturated rings. The molecule has 1 atom stereocenters. The SMILES string of the molecule is CN(C)c1ccc([C@@H]2C(C#N)=C(N)N(c3cccc([N+](=O)[O-])c3)C3=C2C(=O)CCC3)cc1. The molecular weight excluding hydrogens is 406 g/mol. The molecule has 0 aromatic heterocycles. The van der Waals surface area contributed by atoms with Crippen LogP contribution in [0.5, 0.6) is 0 Å². The number of nitrogens with two attached hydrogens (primary N) is 1. The number of allylic oxidation sites excluding steroid dienone is 3. The van der Waals surface area contributed by atoms with Crippen molar-refractivity contribution in [1.82, 2.24) is 0 Å². The fourth-order valence-electron chi connectivity index (χ4n) is 4.43. The number of benzene rings is 2. The fourth-order valence-corrected chi connectivity index (χ4v) is 4.43. The third-order valence-electron chi connectivity index (χ3n) is 5.95. The maximum Gasteiger partial charge on any atom is 0.271 e. The summed E-state index contributed by atoms with van der Waals surface area (Å²) < 4.78 is 0. The van der Waals surface area contributed by atoms with Crippen molar-refractivity contribution in [2.24, 2.45) is 5.73 Å². The number of carbonyl (C=O) groups is 1. The van der Waals surface area contributed by atoms with Gasteiger partial charge in [0.2, 0.25) is 0 Å². The molecule has 2 aromatic carbocycles. The van der Waals surface area contributed by atoms with E-state index in [1.165, 1.54) is 12.1 Å². The summed E-state index contributed by atoms with van der Waals surface area (Å²) >= 11 is 0. The Labute approximate surface area is 186 Å². The lowest BCUT2D eigenvalue weighted by molar-refractivity contribution is -0.384. The minimum absolute atomic E-state index is 0.0244. The van der Waals surface area contributed by atoms with Crippen molar-refractivity contribution in [2.75, 3.05) is 23.9 Å². The maximum absolute atomic E-state index is 13.1. The molecule has 1 heterocycles. The zero-order valence-corrected chi connectivity index (χ0v) is 17.9. The van der Waals surface area contributed by atoms with Crippen LogP contribution in [0.25, 0.3) is 0 Å². The molecule has 2 aromatic rings. The summed E-state index contributed by atoms with van der Waals surface area (Å²) in [6.07, 6.45) is 1.65. The van der Waals surface area contributed by atoms with Crippen molar-refractivity contribution >= 4 is 22.8 Å². The predicted octanol–water partition coefficient (Wildman–Crippen LogP) is 3.97. The van der Waals surface area contributed by atoms with Crippen LogP contribution < -0.4 is 15.5 Å². The number of hydrogen-bond acceptors (Lipinski definition) is 7. The molecule has 2 N–H and O–H groups in total. The Balaban J connectivity index is 1.92. The number of hydrogen-bond donors (Lipinski definition) is 1. The molecule has 32 heavy (non-hydrogen) atoms. The molecule has 0 amide bonds. The summed E-state index contributed by atoms with van der Waals surface area (Å²) in [4.78, 5) is 27.6. The van der Waals surface area contributed by atoms with Crippen LogP contribution in [0.1, 0.15) is 30.7 Å². The molecule has 2 aliphatic rings. The molecule has 0 bridgehead atoms. The van der Waals surface area contributed by atoms with Crippen LogP contribution in [0.2, 0.25) is 0 Å². The average Bonchev–Trinajstić information content (AvgIpc) is 2.78. The number of nitrogens with zero attached hydrogens (tertiary/aromatic N) is 4. The summed E-state index contributed by atoms with van der Waals surface area (Å²) in [5.74, 6) is -0.388. The largest absolute Gasteiger partial charge is 0.384 e. The number of Topliss-reactive ketones (excluding diaryl/α,β-unsaturated/α-hetero) is 1. The third-order valence-corrected chi connectivity index (χ3v) is 5.95. The first-order valence-corrected chi connectivity index (χ1v) is 10.3. The van der Waals surface area contributed by atoms with Crippen LogP contribution >= 0.6 is 0 Å². The second-order valence-corrected chi connectivity index (χ2v) is 8.08. The molecule has 8 heteroatoms. The highest BCUT2D eigenvalue weighted by Crippen LogP contribution is 2.46. The van der Waals surface area contributed by atoms with Crippen LogP contribution in [-0.4, -0.2) is 24.8 Å². The van der Waals surface area contributed by atoms with Gasteiger partial charge in [-0.2, -0.15) is 5.26 Å². The molecule has 0 saturated carbocycles. The van der Waals surface area contributed by atoms with Crippen LogP contribution in [0.4, 0.5) is 17.1 Å². The number of carbonyl (C=O) groups excluding carboxylic acids is 1. The predicted molar refractivity (Wildman–Crippen MR) is 122 cm³/mol. The maximum atomic E-state index is 13.1. The summed E-state index contributed by atoms with van der Waals surface area (Å²) in [5, 5.41) is 21.4. The van der Waals surface area contributed by atoms with E-state index in [0.717, 1.165) is 11.3 Å². The van der Waals surface area contributed by atoms with Crippen LogP contribution in [0, 0.1) is 21.4 Å². The standard InChI is InChI=1S/C24H23N5O3/c1-27(2)16-11-9-15(10-12-16)22-19(14-25)24(26)28(20-7-4-8-21(30)23(20)22)17-5-3-6-18(13-17)29(31)32/h3,5-6,9-13,22H,4,7-8,26H2,1-2H3/t22-/m1/s1. The number of anilines is 2. The molecule has 0 spiro atoms. The lowest BCUT2D eigenvalue weighted by atomic mass is 9.75. The van der Waals surface area contributed by atoms with Crippen LogP contribution in [-0.2, 0) is 4.79 Å². The Morgan fingerprint density at radius 1 is 1.19 bits per heavy atom. The highest BCUT2D eigenvalue weighted by molar-refractivity contribution is 6.01. The number of rotatable bonds is 4. The van der Waals surface area contributed by atoms with Gasteiger partial charge in [-0.1, -0.05) is 18.2 Å². The summed E-state index contributed by atoms with van der Waals surface area (Å²) in [6.45, 7) is 0. The van der Waals surface area contributed by atoms with E-state index >= 15 is 0 Å². The first-order chi connectivity index (χ1) is 15.3. The van der Waals surface area contributed by atoms with Gasteiger partial charge in [-0.25, -0.2) is 0 Å². The first kappa shape index (κ1) is 21.1. The smallest absolute Gasteiger partial charge is 0.271 e. The highest BCUT2D eigenvalue weighted by Gasteiger charge is 2.40. The lowest BCUT2D eigenvalue weighted by Gasteiger charge is -2.39. The lowest BCUT2D eigenvalue weighted by Crippen LogP contribution is -2.38. The summed E-state index contributed by atoms with van der Waals surface area (Å²) in [7, 11) is 3.88. The zero-order chi connectivity index (χ0) is 23.0. The van der Waals surface area contributed by atoms with Gasteiger partial charge in [0.15, 0.2) is 5.78 Å². The fraction of sp³-hybridized carbons (Fsp3) is 0.250. The van der Waals surface area contributed by atoms with Gasteiger partial charge in [0, 0.05) is 49.6 Å². The molecular formula is C24H23N5O3. The molecule has 1 aliphatic carbocycles. The number of ketones is 1. The Morgan fingerprint density at radius 3 is 2.53 bits per heavy atom. The Bertz CT molecular complexity index is 1200. The van der Waals surface area contributed by atoms with E-state index in [1.807, 2.05) is 43.3 Å². The highest BCUT2D eigenvalue weighted by atomic mass is 16.6. The molecule has 162 valence electrons. The van der Waals surface area contributed by atoms with Gasteiger partial charge in [-0.05, 0) is 36.6 Å².